The maximum atomic E-state index is 13.0. The van der Waals surface area contributed by atoms with Gasteiger partial charge in [-0.3, -0.25) is 0 Å². The van der Waals surface area contributed by atoms with Gasteiger partial charge in [-0.1, -0.05) is 6.08 Å². The largest absolute Gasteiger partial charge is 0.508 e. The van der Waals surface area contributed by atoms with E-state index in [1.807, 2.05) is 6.08 Å². The molecule has 0 bridgehead atoms. The SMILES string of the molecule is Oc1cc(F)cc(C2=CCOCC2)c1. The Hall–Kier alpha value is -1.35. The van der Waals surface area contributed by atoms with E-state index < -0.39 is 5.82 Å². The molecule has 14 heavy (non-hydrogen) atoms. The first kappa shape index (κ1) is 9.21. The number of phenols is 1. The van der Waals surface area contributed by atoms with Crippen LogP contribution in [0.2, 0.25) is 0 Å². The lowest BCUT2D eigenvalue weighted by molar-refractivity contribution is 0.161. The second kappa shape index (κ2) is 3.80. The van der Waals surface area contributed by atoms with E-state index in [2.05, 4.69) is 0 Å². The molecule has 1 aliphatic heterocycles. The number of phenolic OH excluding ortho intramolecular Hbond substituents is 1. The van der Waals surface area contributed by atoms with Gasteiger partial charge in [-0.25, -0.2) is 4.39 Å². The minimum absolute atomic E-state index is 0.0348. The standard InChI is InChI=1S/C11H11FO2/c12-10-5-9(6-11(13)7-10)8-1-3-14-4-2-8/h1,5-7,13H,2-4H2. The van der Waals surface area contributed by atoms with Gasteiger partial charge in [-0.05, 0) is 29.7 Å². The fourth-order valence-electron chi connectivity index (χ4n) is 1.55. The first-order chi connectivity index (χ1) is 6.75. The molecule has 0 aliphatic carbocycles. The fourth-order valence-corrected chi connectivity index (χ4v) is 1.55. The molecule has 0 radical (unpaired) electrons. The van der Waals surface area contributed by atoms with Crippen molar-refractivity contribution >= 4 is 5.57 Å². The molecule has 0 spiro atoms. The van der Waals surface area contributed by atoms with Crippen molar-refractivity contribution in [3.8, 4) is 5.75 Å². The molecule has 0 atom stereocenters. The molecule has 0 fully saturated rings. The molecule has 1 aromatic rings. The fraction of sp³-hybridized carbons (Fsp3) is 0.273. The predicted octanol–water partition coefficient (Wildman–Crippen LogP) is 2.33. The van der Waals surface area contributed by atoms with E-state index in [4.69, 9.17) is 4.74 Å². The Morgan fingerprint density at radius 1 is 1.29 bits per heavy atom. The lowest BCUT2D eigenvalue weighted by Crippen LogP contribution is -2.03. The zero-order valence-corrected chi connectivity index (χ0v) is 7.66. The lowest BCUT2D eigenvalue weighted by Gasteiger charge is -2.13. The molecule has 0 amide bonds. The molecule has 0 aromatic heterocycles. The molecular formula is C11H11FO2. The monoisotopic (exact) mass is 194 g/mol. The van der Waals surface area contributed by atoms with Crippen LogP contribution in [0, 0.1) is 5.82 Å². The highest BCUT2D eigenvalue weighted by molar-refractivity contribution is 5.67. The lowest BCUT2D eigenvalue weighted by atomic mass is 10.0. The molecule has 2 nitrogen and oxygen atoms in total. The Morgan fingerprint density at radius 3 is 2.79 bits per heavy atom. The van der Waals surface area contributed by atoms with Crippen LogP contribution in [0.1, 0.15) is 12.0 Å². The van der Waals surface area contributed by atoms with Gasteiger partial charge in [0.05, 0.1) is 13.2 Å². The summed E-state index contributed by atoms with van der Waals surface area (Å²) in [5.74, 6) is -0.445. The first-order valence-electron chi connectivity index (χ1n) is 4.52. The van der Waals surface area contributed by atoms with Crippen LogP contribution in [0.25, 0.3) is 5.57 Å². The van der Waals surface area contributed by atoms with Crippen LogP contribution in [0.3, 0.4) is 0 Å². The van der Waals surface area contributed by atoms with Crippen molar-refractivity contribution in [2.75, 3.05) is 13.2 Å². The third kappa shape index (κ3) is 1.93. The molecule has 1 N–H and O–H groups in total. The van der Waals surface area contributed by atoms with Gasteiger partial charge in [-0.15, -0.1) is 0 Å². The Bertz CT molecular complexity index is 351. The summed E-state index contributed by atoms with van der Waals surface area (Å²) in [6, 6.07) is 4.10. The molecule has 0 saturated heterocycles. The van der Waals surface area contributed by atoms with Crippen LogP contribution < -0.4 is 0 Å². The summed E-state index contributed by atoms with van der Waals surface area (Å²) < 4.78 is 18.1. The van der Waals surface area contributed by atoms with Crippen LogP contribution in [-0.4, -0.2) is 18.3 Å². The van der Waals surface area contributed by atoms with Gasteiger partial charge in [0.25, 0.3) is 0 Å². The van der Waals surface area contributed by atoms with E-state index in [-0.39, 0.29) is 5.75 Å². The summed E-state index contributed by atoms with van der Waals surface area (Å²) in [6.45, 7) is 1.22. The molecule has 1 aliphatic rings. The zero-order chi connectivity index (χ0) is 9.97. The second-order valence-corrected chi connectivity index (χ2v) is 3.25. The summed E-state index contributed by atoms with van der Waals surface area (Å²) in [4.78, 5) is 0. The average molecular weight is 194 g/mol. The highest BCUT2D eigenvalue weighted by Crippen LogP contribution is 2.25. The molecule has 1 heterocycles. The third-order valence-corrected chi connectivity index (χ3v) is 2.22. The van der Waals surface area contributed by atoms with Crippen LogP contribution in [-0.2, 0) is 4.74 Å². The van der Waals surface area contributed by atoms with Gasteiger partial charge in [0.15, 0.2) is 0 Å². The first-order valence-corrected chi connectivity index (χ1v) is 4.52. The van der Waals surface area contributed by atoms with Gasteiger partial charge < -0.3 is 9.84 Å². The second-order valence-electron chi connectivity index (χ2n) is 3.25. The van der Waals surface area contributed by atoms with Crippen molar-refractivity contribution in [3.05, 3.63) is 35.7 Å². The number of benzene rings is 1. The van der Waals surface area contributed by atoms with Crippen LogP contribution >= 0.6 is 0 Å². The third-order valence-electron chi connectivity index (χ3n) is 2.22. The summed E-state index contributed by atoms with van der Waals surface area (Å²) in [7, 11) is 0. The van der Waals surface area contributed by atoms with Gasteiger partial charge >= 0.3 is 0 Å². The number of rotatable bonds is 1. The highest BCUT2D eigenvalue weighted by Gasteiger charge is 2.08. The number of aromatic hydroxyl groups is 1. The molecule has 3 heteroatoms. The predicted molar refractivity (Wildman–Crippen MR) is 51.5 cm³/mol. The smallest absolute Gasteiger partial charge is 0.127 e. The van der Waals surface area contributed by atoms with Crippen molar-refractivity contribution < 1.29 is 14.2 Å². The molecule has 74 valence electrons. The summed E-state index contributed by atoms with van der Waals surface area (Å²) >= 11 is 0. The van der Waals surface area contributed by atoms with E-state index in [9.17, 15) is 9.50 Å². The number of hydrogen-bond donors (Lipinski definition) is 1. The van der Waals surface area contributed by atoms with Crippen molar-refractivity contribution in [2.24, 2.45) is 0 Å². The van der Waals surface area contributed by atoms with Gasteiger partial charge in [0, 0.05) is 6.07 Å². The van der Waals surface area contributed by atoms with Crippen molar-refractivity contribution in [2.45, 2.75) is 6.42 Å². The van der Waals surface area contributed by atoms with E-state index >= 15 is 0 Å². The zero-order valence-electron chi connectivity index (χ0n) is 7.66. The molecule has 0 unspecified atom stereocenters. The molecule has 0 saturated carbocycles. The average Bonchev–Trinajstić information content (AvgIpc) is 2.18. The molecule has 2 rings (SSSR count). The van der Waals surface area contributed by atoms with Crippen LogP contribution in [0.4, 0.5) is 4.39 Å². The van der Waals surface area contributed by atoms with E-state index in [1.165, 1.54) is 6.07 Å². The van der Waals surface area contributed by atoms with Crippen LogP contribution in [0.5, 0.6) is 5.75 Å². The minimum Gasteiger partial charge on any atom is -0.508 e. The number of hydrogen-bond acceptors (Lipinski definition) is 2. The maximum absolute atomic E-state index is 13.0. The minimum atomic E-state index is -0.410. The van der Waals surface area contributed by atoms with E-state index in [0.29, 0.717) is 13.2 Å². The maximum Gasteiger partial charge on any atom is 0.127 e. The van der Waals surface area contributed by atoms with Crippen LogP contribution in [0.15, 0.2) is 24.3 Å². The summed E-state index contributed by atoms with van der Waals surface area (Å²) in [5.41, 5.74) is 1.77. The van der Waals surface area contributed by atoms with Crippen molar-refractivity contribution in [1.82, 2.24) is 0 Å². The van der Waals surface area contributed by atoms with Crippen molar-refractivity contribution in [3.63, 3.8) is 0 Å². The number of halogens is 1. The normalized spacial score (nSPS) is 16.5. The molecular weight excluding hydrogens is 183 g/mol. The van der Waals surface area contributed by atoms with E-state index in [0.717, 1.165) is 23.6 Å². The Morgan fingerprint density at radius 2 is 2.14 bits per heavy atom. The Balaban J connectivity index is 2.35. The van der Waals surface area contributed by atoms with Gasteiger partial charge in [0.1, 0.15) is 11.6 Å². The van der Waals surface area contributed by atoms with Crippen molar-refractivity contribution in [1.29, 1.82) is 0 Å². The summed E-state index contributed by atoms with van der Waals surface area (Å²) in [5, 5.41) is 9.23. The van der Waals surface area contributed by atoms with Gasteiger partial charge in [0.2, 0.25) is 0 Å². The Kier molecular flexibility index (Phi) is 2.50. The Labute approximate surface area is 81.6 Å². The van der Waals surface area contributed by atoms with Gasteiger partial charge in [-0.2, -0.15) is 0 Å². The topological polar surface area (TPSA) is 29.5 Å². The quantitative estimate of drug-likeness (QED) is 0.743. The summed E-state index contributed by atoms with van der Waals surface area (Å²) in [6.07, 6.45) is 2.68. The number of ether oxygens (including phenoxy) is 1. The highest BCUT2D eigenvalue weighted by atomic mass is 19.1. The van der Waals surface area contributed by atoms with E-state index in [1.54, 1.807) is 6.07 Å². The molecule has 1 aromatic carbocycles.